The van der Waals surface area contributed by atoms with Gasteiger partial charge in [0.2, 0.25) is 0 Å². The Morgan fingerprint density at radius 3 is 2.60 bits per heavy atom. The van der Waals surface area contributed by atoms with Crippen LogP contribution in [-0.4, -0.2) is 42.1 Å². The summed E-state index contributed by atoms with van der Waals surface area (Å²) in [5, 5.41) is 0.434. The first-order chi connectivity index (χ1) is 9.70. The molecule has 1 aromatic rings. The number of pyridine rings is 1. The summed E-state index contributed by atoms with van der Waals surface area (Å²) < 4.78 is 5.45. The number of nitrogens with zero attached hydrogens (tertiary/aromatic N) is 2. The Balaban J connectivity index is 1.66. The number of aromatic nitrogens is 1. The maximum atomic E-state index is 12.5. The minimum Gasteiger partial charge on any atom is -0.381 e. The summed E-state index contributed by atoms with van der Waals surface area (Å²) in [5.41, 5.74) is 0.960. The van der Waals surface area contributed by atoms with Crippen LogP contribution in [0, 0.1) is 5.41 Å². The van der Waals surface area contributed by atoms with E-state index in [1.807, 2.05) is 4.90 Å². The number of likely N-dealkylation sites (tertiary alicyclic amines) is 1. The maximum absolute atomic E-state index is 12.5. The van der Waals surface area contributed by atoms with Crippen LogP contribution in [0.2, 0.25) is 5.02 Å². The standard InChI is InChI=1S/C15H19ClN2O2/c16-13-11-17-6-1-12(13)14(19)18-7-2-15(3-8-18)4-9-20-10-5-15/h1,6,11H,2-5,7-10H2. The van der Waals surface area contributed by atoms with Crippen molar-refractivity contribution in [3.8, 4) is 0 Å². The molecule has 1 spiro atoms. The lowest BCUT2D eigenvalue weighted by Gasteiger charge is -2.44. The highest BCUT2D eigenvalue weighted by molar-refractivity contribution is 6.33. The second-order valence-corrected chi connectivity index (χ2v) is 6.17. The van der Waals surface area contributed by atoms with Crippen molar-refractivity contribution in [2.24, 2.45) is 5.41 Å². The van der Waals surface area contributed by atoms with Gasteiger partial charge in [0.05, 0.1) is 10.6 Å². The average Bonchev–Trinajstić information content (AvgIpc) is 2.49. The highest BCUT2D eigenvalue weighted by Crippen LogP contribution is 2.40. The lowest BCUT2D eigenvalue weighted by molar-refractivity contribution is -0.0175. The molecule has 2 aliphatic rings. The first kappa shape index (κ1) is 13.8. The largest absolute Gasteiger partial charge is 0.381 e. The first-order valence-electron chi connectivity index (χ1n) is 7.17. The van der Waals surface area contributed by atoms with Gasteiger partial charge in [0.15, 0.2) is 0 Å². The molecule has 3 heterocycles. The highest BCUT2D eigenvalue weighted by Gasteiger charge is 2.37. The molecule has 1 amide bonds. The molecule has 0 unspecified atom stereocenters. The molecule has 0 atom stereocenters. The van der Waals surface area contributed by atoms with Crippen molar-refractivity contribution in [3.63, 3.8) is 0 Å². The molecule has 0 aromatic carbocycles. The van der Waals surface area contributed by atoms with Gasteiger partial charge in [-0.15, -0.1) is 0 Å². The third kappa shape index (κ3) is 2.67. The van der Waals surface area contributed by atoms with Gasteiger partial charge < -0.3 is 9.64 Å². The molecular weight excluding hydrogens is 276 g/mol. The molecule has 4 nitrogen and oxygen atoms in total. The van der Waals surface area contributed by atoms with E-state index in [4.69, 9.17) is 16.3 Å². The zero-order valence-corrected chi connectivity index (χ0v) is 12.2. The van der Waals surface area contributed by atoms with Crippen molar-refractivity contribution in [2.45, 2.75) is 25.7 Å². The number of hydrogen-bond donors (Lipinski definition) is 0. The van der Waals surface area contributed by atoms with Gasteiger partial charge in [-0.3, -0.25) is 9.78 Å². The molecule has 0 saturated carbocycles. The third-order valence-corrected chi connectivity index (χ3v) is 4.97. The van der Waals surface area contributed by atoms with Gasteiger partial charge >= 0.3 is 0 Å². The summed E-state index contributed by atoms with van der Waals surface area (Å²) in [7, 11) is 0. The Bertz CT molecular complexity index is 490. The van der Waals surface area contributed by atoms with E-state index in [-0.39, 0.29) is 5.91 Å². The van der Waals surface area contributed by atoms with Crippen LogP contribution in [0.3, 0.4) is 0 Å². The van der Waals surface area contributed by atoms with E-state index in [1.54, 1.807) is 12.3 Å². The van der Waals surface area contributed by atoms with Crippen LogP contribution >= 0.6 is 11.6 Å². The molecular formula is C15H19ClN2O2. The molecule has 0 radical (unpaired) electrons. The number of carbonyl (C=O) groups excluding carboxylic acids is 1. The summed E-state index contributed by atoms with van der Waals surface area (Å²) in [6.07, 6.45) is 7.55. The summed E-state index contributed by atoms with van der Waals surface area (Å²) in [6, 6.07) is 1.70. The van der Waals surface area contributed by atoms with Crippen molar-refractivity contribution in [2.75, 3.05) is 26.3 Å². The fraction of sp³-hybridized carbons (Fsp3) is 0.600. The molecule has 3 rings (SSSR count). The molecule has 5 heteroatoms. The highest BCUT2D eigenvalue weighted by atomic mass is 35.5. The van der Waals surface area contributed by atoms with E-state index in [0.717, 1.165) is 52.0 Å². The van der Waals surface area contributed by atoms with Crippen molar-refractivity contribution in [1.29, 1.82) is 0 Å². The van der Waals surface area contributed by atoms with E-state index in [2.05, 4.69) is 4.98 Å². The normalized spacial score (nSPS) is 21.9. The van der Waals surface area contributed by atoms with Crippen molar-refractivity contribution in [1.82, 2.24) is 9.88 Å². The topological polar surface area (TPSA) is 42.4 Å². The summed E-state index contributed by atoms with van der Waals surface area (Å²) in [6.45, 7) is 3.36. The molecule has 0 N–H and O–H groups in total. The molecule has 0 aliphatic carbocycles. The van der Waals surface area contributed by atoms with Gasteiger partial charge in [-0.1, -0.05) is 11.6 Å². The smallest absolute Gasteiger partial charge is 0.255 e. The van der Waals surface area contributed by atoms with Gasteiger partial charge in [0.1, 0.15) is 0 Å². The molecule has 2 aliphatic heterocycles. The second-order valence-electron chi connectivity index (χ2n) is 5.76. The fourth-order valence-electron chi connectivity index (χ4n) is 3.21. The lowest BCUT2D eigenvalue weighted by atomic mass is 9.72. The van der Waals surface area contributed by atoms with Gasteiger partial charge in [-0.05, 0) is 37.2 Å². The zero-order chi connectivity index (χ0) is 14.0. The molecule has 20 heavy (non-hydrogen) atoms. The number of ether oxygens (including phenoxy) is 1. The second kappa shape index (κ2) is 5.70. The van der Waals surface area contributed by atoms with Crippen LogP contribution in [0.5, 0.6) is 0 Å². The third-order valence-electron chi connectivity index (χ3n) is 4.67. The predicted molar refractivity (Wildman–Crippen MR) is 76.9 cm³/mol. The molecule has 0 bridgehead atoms. The number of rotatable bonds is 1. The van der Waals surface area contributed by atoms with E-state index < -0.39 is 0 Å². The maximum Gasteiger partial charge on any atom is 0.255 e. The van der Waals surface area contributed by atoms with Crippen molar-refractivity contribution < 1.29 is 9.53 Å². The minimum absolute atomic E-state index is 0.0271. The molecule has 108 valence electrons. The predicted octanol–water partition coefficient (Wildman–Crippen LogP) is 2.77. The van der Waals surface area contributed by atoms with Crippen LogP contribution in [0.25, 0.3) is 0 Å². The summed E-state index contributed by atoms with van der Waals surface area (Å²) in [5.74, 6) is 0.0271. The van der Waals surface area contributed by atoms with Crippen LogP contribution in [0.1, 0.15) is 36.0 Å². The quantitative estimate of drug-likeness (QED) is 0.800. The molecule has 2 saturated heterocycles. The zero-order valence-electron chi connectivity index (χ0n) is 11.5. The van der Waals surface area contributed by atoms with Crippen LogP contribution in [-0.2, 0) is 4.74 Å². The first-order valence-corrected chi connectivity index (χ1v) is 7.55. The number of piperidine rings is 1. The van der Waals surface area contributed by atoms with E-state index >= 15 is 0 Å². The van der Waals surface area contributed by atoms with Gasteiger partial charge in [-0.25, -0.2) is 0 Å². The Morgan fingerprint density at radius 2 is 1.95 bits per heavy atom. The Labute approximate surface area is 124 Å². The van der Waals surface area contributed by atoms with Crippen molar-refractivity contribution >= 4 is 17.5 Å². The Kier molecular flexibility index (Phi) is 3.94. The monoisotopic (exact) mass is 294 g/mol. The summed E-state index contributed by atoms with van der Waals surface area (Å²) in [4.78, 5) is 18.3. The fourth-order valence-corrected chi connectivity index (χ4v) is 3.41. The Hall–Kier alpha value is -1.13. The number of amides is 1. The van der Waals surface area contributed by atoms with E-state index in [0.29, 0.717) is 16.0 Å². The SMILES string of the molecule is O=C(c1ccncc1Cl)N1CCC2(CCOCC2)CC1. The minimum atomic E-state index is 0.0271. The number of hydrogen-bond acceptors (Lipinski definition) is 3. The van der Waals surface area contributed by atoms with Gasteiger partial charge in [-0.2, -0.15) is 0 Å². The van der Waals surface area contributed by atoms with Crippen LogP contribution in [0.15, 0.2) is 18.5 Å². The lowest BCUT2D eigenvalue weighted by Crippen LogP contribution is -2.45. The average molecular weight is 295 g/mol. The van der Waals surface area contributed by atoms with Crippen LogP contribution < -0.4 is 0 Å². The Morgan fingerprint density at radius 1 is 1.25 bits per heavy atom. The number of halogens is 1. The van der Waals surface area contributed by atoms with Crippen LogP contribution in [0.4, 0.5) is 0 Å². The van der Waals surface area contributed by atoms with Crippen molar-refractivity contribution in [3.05, 3.63) is 29.0 Å². The molecule has 2 fully saturated rings. The van der Waals surface area contributed by atoms with E-state index in [1.165, 1.54) is 6.20 Å². The van der Waals surface area contributed by atoms with Gasteiger partial charge in [0.25, 0.3) is 5.91 Å². The molecule has 1 aromatic heterocycles. The van der Waals surface area contributed by atoms with Gasteiger partial charge in [0, 0.05) is 38.7 Å². The summed E-state index contributed by atoms with van der Waals surface area (Å²) >= 11 is 6.05. The van der Waals surface area contributed by atoms with E-state index in [9.17, 15) is 4.79 Å². The number of carbonyl (C=O) groups is 1.